The van der Waals surface area contributed by atoms with E-state index in [0.717, 1.165) is 12.8 Å². The second-order valence-corrected chi connectivity index (χ2v) is 6.09. The van der Waals surface area contributed by atoms with Crippen molar-refractivity contribution in [3.63, 3.8) is 0 Å². The maximum absolute atomic E-state index is 10.8. The maximum Gasteiger partial charge on any atom is 0.325 e. The first kappa shape index (κ1) is 17.1. The van der Waals surface area contributed by atoms with Gasteiger partial charge in [0.05, 0.1) is 18.4 Å². The van der Waals surface area contributed by atoms with Crippen LogP contribution < -0.4 is 0 Å². The van der Waals surface area contributed by atoms with Gasteiger partial charge in [0.1, 0.15) is 0 Å². The van der Waals surface area contributed by atoms with E-state index in [1.54, 1.807) is 0 Å². The molecule has 0 spiro atoms. The zero-order valence-corrected chi connectivity index (χ0v) is 12.0. The van der Waals surface area contributed by atoms with E-state index in [-0.39, 0.29) is 24.8 Å². The second-order valence-electron chi connectivity index (χ2n) is 4.32. The minimum absolute atomic E-state index is 0.0285. The zero-order chi connectivity index (χ0) is 13.5. The van der Waals surface area contributed by atoms with Gasteiger partial charge in [-0.25, -0.2) is 0 Å². The Morgan fingerprint density at radius 3 is 1.76 bits per heavy atom. The van der Waals surface area contributed by atoms with Gasteiger partial charge in [0, 0.05) is 6.42 Å². The fourth-order valence-electron chi connectivity index (χ4n) is 1.15. The molecule has 0 aromatic heterocycles. The Balaban J connectivity index is 4.24. The van der Waals surface area contributed by atoms with Crippen LogP contribution in [-0.2, 0) is 14.0 Å². The summed E-state index contributed by atoms with van der Waals surface area (Å²) in [5.74, 6) is 0. The highest BCUT2D eigenvalue weighted by molar-refractivity contribution is 7.51. The van der Waals surface area contributed by atoms with E-state index in [1.165, 1.54) is 0 Å². The third-order valence-corrected chi connectivity index (χ3v) is 3.41. The van der Waals surface area contributed by atoms with Crippen molar-refractivity contribution in [2.75, 3.05) is 6.16 Å². The van der Waals surface area contributed by atoms with Crippen molar-refractivity contribution in [1.82, 2.24) is 0 Å². The monoisotopic (exact) mass is 268 g/mol. The molecule has 0 amide bonds. The molecule has 2 N–H and O–H groups in total. The van der Waals surface area contributed by atoms with Gasteiger partial charge in [0.15, 0.2) is 6.29 Å². The molecule has 2 atom stereocenters. The number of rotatable bonds is 9. The van der Waals surface area contributed by atoms with Crippen LogP contribution in [0, 0.1) is 0 Å². The van der Waals surface area contributed by atoms with E-state index < -0.39 is 13.9 Å². The quantitative estimate of drug-likeness (QED) is 0.496. The lowest BCUT2D eigenvalue weighted by molar-refractivity contribution is -0.189. The van der Waals surface area contributed by atoms with Gasteiger partial charge in [-0.05, 0) is 26.7 Å². The summed E-state index contributed by atoms with van der Waals surface area (Å²) >= 11 is 0. The van der Waals surface area contributed by atoms with E-state index in [9.17, 15) is 4.57 Å². The molecule has 0 fully saturated rings. The minimum atomic E-state index is -3.98. The fraction of sp³-hybridized carbons (Fsp3) is 1.00. The normalized spacial score (nSPS) is 17.8. The predicted octanol–water partition coefficient (Wildman–Crippen LogP) is 2.51. The highest BCUT2D eigenvalue weighted by Gasteiger charge is 2.21. The van der Waals surface area contributed by atoms with Crippen LogP contribution in [0.1, 0.15) is 47.0 Å². The largest absolute Gasteiger partial charge is 0.350 e. The molecule has 104 valence electrons. The van der Waals surface area contributed by atoms with Crippen LogP contribution >= 0.6 is 7.60 Å². The molecule has 0 radical (unpaired) electrons. The third-order valence-electron chi connectivity index (χ3n) is 2.57. The molecule has 0 saturated carbocycles. The van der Waals surface area contributed by atoms with Crippen molar-refractivity contribution in [2.24, 2.45) is 0 Å². The zero-order valence-electron chi connectivity index (χ0n) is 11.1. The molecule has 0 aliphatic heterocycles. The Labute approximate surface area is 104 Å². The first-order valence-corrected chi connectivity index (χ1v) is 7.93. The van der Waals surface area contributed by atoms with Gasteiger partial charge in [-0.1, -0.05) is 13.8 Å². The molecule has 17 heavy (non-hydrogen) atoms. The first-order chi connectivity index (χ1) is 7.78. The van der Waals surface area contributed by atoms with Gasteiger partial charge in [-0.3, -0.25) is 4.57 Å². The van der Waals surface area contributed by atoms with Gasteiger partial charge < -0.3 is 19.3 Å². The average molecular weight is 268 g/mol. The molecule has 0 heterocycles. The molecule has 0 aliphatic carbocycles. The second kappa shape index (κ2) is 8.22. The van der Waals surface area contributed by atoms with Crippen LogP contribution in [0.4, 0.5) is 0 Å². The molecule has 5 nitrogen and oxygen atoms in total. The molecular weight excluding hydrogens is 243 g/mol. The van der Waals surface area contributed by atoms with Crippen LogP contribution in [0.25, 0.3) is 0 Å². The van der Waals surface area contributed by atoms with Gasteiger partial charge in [-0.2, -0.15) is 0 Å². The molecule has 0 bridgehead atoms. The topological polar surface area (TPSA) is 76.0 Å². The van der Waals surface area contributed by atoms with Crippen molar-refractivity contribution in [3.05, 3.63) is 0 Å². The SMILES string of the molecule is CCC(C)OC(CCP(=O)(O)O)OC(C)CC. The average Bonchev–Trinajstić information content (AvgIpc) is 2.24. The summed E-state index contributed by atoms with van der Waals surface area (Å²) in [4.78, 5) is 17.7. The molecule has 2 unspecified atom stereocenters. The molecule has 0 rings (SSSR count). The van der Waals surface area contributed by atoms with E-state index >= 15 is 0 Å². The van der Waals surface area contributed by atoms with Gasteiger partial charge >= 0.3 is 7.60 Å². The number of ether oxygens (including phenoxy) is 2. The molecular formula is C11H25O5P. The summed E-state index contributed by atoms with van der Waals surface area (Å²) in [5, 5.41) is 0. The van der Waals surface area contributed by atoms with E-state index in [2.05, 4.69) is 0 Å². The Morgan fingerprint density at radius 1 is 1.06 bits per heavy atom. The molecule has 6 heteroatoms. The summed E-state index contributed by atoms with van der Waals surface area (Å²) in [7, 11) is -3.98. The van der Waals surface area contributed by atoms with Crippen LogP contribution in [0.3, 0.4) is 0 Å². The summed E-state index contributed by atoms with van der Waals surface area (Å²) in [6, 6.07) is 0. The fourth-order valence-corrected chi connectivity index (χ4v) is 1.70. The predicted molar refractivity (Wildman–Crippen MR) is 67.0 cm³/mol. The third kappa shape index (κ3) is 9.74. The van der Waals surface area contributed by atoms with Crippen molar-refractivity contribution in [1.29, 1.82) is 0 Å². The van der Waals surface area contributed by atoms with Gasteiger partial charge in [0.2, 0.25) is 0 Å². The van der Waals surface area contributed by atoms with E-state index in [4.69, 9.17) is 19.3 Å². The first-order valence-electron chi connectivity index (χ1n) is 6.14. The Bertz CT molecular complexity index is 228. The molecule has 0 aliphatic rings. The highest BCUT2D eigenvalue weighted by Crippen LogP contribution is 2.36. The van der Waals surface area contributed by atoms with Crippen LogP contribution in [0.2, 0.25) is 0 Å². The van der Waals surface area contributed by atoms with E-state index in [0.29, 0.717) is 0 Å². The Morgan fingerprint density at radius 2 is 1.47 bits per heavy atom. The maximum atomic E-state index is 10.8. The smallest absolute Gasteiger partial charge is 0.325 e. The minimum Gasteiger partial charge on any atom is -0.350 e. The van der Waals surface area contributed by atoms with E-state index in [1.807, 2.05) is 27.7 Å². The summed E-state index contributed by atoms with van der Waals surface area (Å²) in [5.41, 5.74) is 0. The van der Waals surface area contributed by atoms with Crippen LogP contribution in [-0.4, -0.2) is 34.4 Å². The standard InChI is InChI=1S/C11H25O5P/c1-5-9(3)15-11(16-10(4)6-2)7-8-17(12,13)14/h9-11H,5-8H2,1-4H3,(H2,12,13,14). The van der Waals surface area contributed by atoms with Crippen molar-refractivity contribution in [2.45, 2.75) is 65.5 Å². The van der Waals surface area contributed by atoms with Gasteiger partial charge in [-0.15, -0.1) is 0 Å². The summed E-state index contributed by atoms with van der Waals surface area (Å²) < 4.78 is 22.0. The molecule has 0 saturated heterocycles. The van der Waals surface area contributed by atoms with Crippen LogP contribution in [0.15, 0.2) is 0 Å². The van der Waals surface area contributed by atoms with Crippen LogP contribution in [0.5, 0.6) is 0 Å². The molecule has 0 aromatic carbocycles. The lowest BCUT2D eigenvalue weighted by Crippen LogP contribution is -2.27. The van der Waals surface area contributed by atoms with Crippen molar-refractivity contribution >= 4 is 7.60 Å². The summed E-state index contributed by atoms with van der Waals surface area (Å²) in [6.45, 7) is 7.83. The lowest BCUT2D eigenvalue weighted by atomic mass is 10.3. The molecule has 0 aromatic rings. The lowest BCUT2D eigenvalue weighted by Gasteiger charge is -2.25. The van der Waals surface area contributed by atoms with Gasteiger partial charge in [0.25, 0.3) is 0 Å². The number of hydrogen-bond acceptors (Lipinski definition) is 3. The van der Waals surface area contributed by atoms with Crippen molar-refractivity contribution in [3.8, 4) is 0 Å². The van der Waals surface area contributed by atoms with Crippen molar-refractivity contribution < 1.29 is 23.8 Å². The Kier molecular flexibility index (Phi) is 8.25. The Hall–Kier alpha value is 0.0700. The highest BCUT2D eigenvalue weighted by atomic mass is 31.2. The number of hydrogen-bond donors (Lipinski definition) is 2. The summed E-state index contributed by atoms with van der Waals surface area (Å²) in [6.07, 6.45) is 1.23.